The lowest BCUT2D eigenvalue weighted by atomic mass is 9.81. The van der Waals surface area contributed by atoms with E-state index in [4.69, 9.17) is 14.2 Å². The summed E-state index contributed by atoms with van der Waals surface area (Å²) >= 11 is 3.88. The van der Waals surface area contributed by atoms with Crippen LogP contribution in [0.25, 0.3) is 5.57 Å². The lowest BCUT2D eigenvalue weighted by Crippen LogP contribution is -2.39. The van der Waals surface area contributed by atoms with Crippen LogP contribution in [0.2, 0.25) is 0 Å². The molecule has 0 aromatic heterocycles. The molecule has 2 aliphatic rings. The summed E-state index contributed by atoms with van der Waals surface area (Å²) in [4.78, 5) is 2.47. The number of benzene rings is 2. The van der Waals surface area contributed by atoms with E-state index in [0.29, 0.717) is 11.8 Å². The van der Waals surface area contributed by atoms with Gasteiger partial charge in [0.1, 0.15) is 5.75 Å². The van der Waals surface area contributed by atoms with Gasteiger partial charge in [0.25, 0.3) is 0 Å². The van der Waals surface area contributed by atoms with E-state index in [-0.39, 0.29) is 6.29 Å². The Labute approximate surface area is 194 Å². The standard InChI is InChI=1S/C26H32BrNO3/c1-17-15-24(27)25(22-10-9-21(29-2)16-23(17)22)18-5-7-20(8-6-18)28-13-11-19(12-14-28)26(30-3)31-4/h5-10,16-17,19,26H,11-15H2,1-4H3. The summed E-state index contributed by atoms with van der Waals surface area (Å²) in [6.07, 6.45) is 3.07. The summed E-state index contributed by atoms with van der Waals surface area (Å²) in [7, 11) is 5.19. The molecule has 4 nitrogen and oxygen atoms in total. The fourth-order valence-corrected chi connectivity index (χ4v) is 5.92. The molecular formula is C26H32BrNO3. The van der Waals surface area contributed by atoms with E-state index in [1.807, 2.05) is 0 Å². The zero-order valence-corrected chi connectivity index (χ0v) is 20.4. The second-order valence-electron chi connectivity index (χ2n) is 8.55. The number of ether oxygens (including phenoxy) is 3. The van der Waals surface area contributed by atoms with Gasteiger partial charge in [0.05, 0.1) is 7.11 Å². The zero-order chi connectivity index (χ0) is 22.0. The van der Waals surface area contributed by atoms with Crippen LogP contribution in [0.1, 0.15) is 48.8 Å². The number of hydrogen-bond acceptors (Lipinski definition) is 4. The minimum Gasteiger partial charge on any atom is -0.497 e. The van der Waals surface area contributed by atoms with Crippen molar-refractivity contribution in [2.24, 2.45) is 5.92 Å². The van der Waals surface area contributed by atoms with Crippen LogP contribution in [0.3, 0.4) is 0 Å². The highest BCUT2D eigenvalue weighted by Gasteiger charge is 2.27. The second-order valence-corrected chi connectivity index (χ2v) is 9.51. The summed E-state index contributed by atoms with van der Waals surface area (Å²) in [6, 6.07) is 15.5. The van der Waals surface area contributed by atoms with Crippen molar-refractivity contribution in [3.63, 3.8) is 0 Å². The van der Waals surface area contributed by atoms with Gasteiger partial charge in [0.2, 0.25) is 0 Å². The van der Waals surface area contributed by atoms with E-state index in [1.54, 1.807) is 21.3 Å². The van der Waals surface area contributed by atoms with Crippen LogP contribution in [0.4, 0.5) is 5.69 Å². The SMILES string of the molecule is COc1ccc2c(c1)C(C)CC(Br)=C2c1ccc(N2CCC(C(OC)OC)CC2)cc1. The van der Waals surface area contributed by atoms with Crippen molar-refractivity contribution in [1.82, 2.24) is 0 Å². The van der Waals surface area contributed by atoms with E-state index in [0.717, 1.165) is 38.1 Å². The number of allylic oxidation sites excluding steroid dienone is 1. The molecule has 1 fully saturated rings. The van der Waals surface area contributed by atoms with Crippen molar-refractivity contribution >= 4 is 27.2 Å². The third kappa shape index (κ3) is 4.55. The maximum absolute atomic E-state index is 5.47. The Hall–Kier alpha value is -1.82. The Balaban J connectivity index is 1.53. The minimum atomic E-state index is -0.0961. The van der Waals surface area contributed by atoms with E-state index in [2.05, 4.69) is 70.2 Å². The number of fused-ring (bicyclic) bond motifs is 1. The van der Waals surface area contributed by atoms with Gasteiger partial charge < -0.3 is 19.1 Å². The van der Waals surface area contributed by atoms with Crippen molar-refractivity contribution in [1.29, 1.82) is 0 Å². The smallest absolute Gasteiger partial charge is 0.159 e. The van der Waals surface area contributed by atoms with Crippen LogP contribution in [0.15, 0.2) is 46.9 Å². The highest BCUT2D eigenvalue weighted by atomic mass is 79.9. The molecule has 166 valence electrons. The molecule has 1 aliphatic carbocycles. The Morgan fingerprint density at radius 1 is 0.968 bits per heavy atom. The molecular weight excluding hydrogens is 454 g/mol. The quantitative estimate of drug-likeness (QED) is 0.456. The molecule has 1 saturated heterocycles. The molecule has 0 spiro atoms. The molecule has 1 aliphatic heterocycles. The number of halogens is 1. The van der Waals surface area contributed by atoms with Gasteiger partial charge in [-0.1, -0.05) is 41.1 Å². The molecule has 1 atom stereocenters. The third-order valence-electron chi connectivity index (χ3n) is 6.73. The summed E-state index contributed by atoms with van der Waals surface area (Å²) in [5.41, 5.74) is 6.48. The summed E-state index contributed by atoms with van der Waals surface area (Å²) in [5.74, 6) is 1.85. The molecule has 4 rings (SSSR count). The van der Waals surface area contributed by atoms with Gasteiger partial charge in [-0.15, -0.1) is 0 Å². The maximum atomic E-state index is 5.47. The van der Waals surface area contributed by atoms with E-state index >= 15 is 0 Å². The van der Waals surface area contributed by atoms with E-state index in [9.17, 15) is 0 Å². The van der Waals surface area contributed by atoms with Gasteiger partial charge in [-0.25, -0.2) is 0 Å². The molecule has 2 aromatic rings. The predicted octanol–water partition coefficient (Wildman–Crippen LogP) is 6.19. The van der Waals surface area contributed by atoms with Crippen LogP contribution in [0.5, 0.6) is 5.75 Å². The number of rotatable bonds is 6. The Kier molecular flexibility index (Phi) is 7.05. The van der Waals surface area contributed by atoms with Crippen molar-refractivity contribution in [2.75, 3.05) is 39.3 Å². The topological polar surface area (TPSA) is 30.9 Å². The van der Waals surface area contributed by atoms with Crippen LogP contribution in [0, 0.1) is 5.92 Å². The molecule has 5 heteroatoms. The first-order valence-corrected chi connectivity index (χ1v) is 11.8. The Morgan fingerprint density at radius 3 is 2.26 bits per heavy atom. The van der Waals surface area contributed by atoms with Crippen molar-refractivity contribution in [3.05, 3.63) is 63.6 Å². The molecule has 0 saturated carbocycles. The van der Waals surface area contributed by atoms with Crippen LogP contribution in [-0.4, -0.2) is 40.7 Å². The molecule has 0 bridgehead atoms. The Morgan fingerprint density at radius 2 is 1.65 bits per heavy atom. The third-order valence-corrected chi connectivity index (χ3v) is 7.45. The first-order valence-electron chi connectivity index (χ1n) is 11.0. The van der Waals surface area contributed by atoms with E-state index in [1.165, 1.54) is 32.4 Å². The van der Waals surface area contributed by atoms with Gasteiger partial charge in [0.15, 0.2) is 6.29 Å². The van der Waals surface area contributed by atoms with Gasteiger partial charge in [-0.2, -0.15) is 0 Å². The number of nitrogens with zero attached hydrogens (tertiary/aromatic N) is 1. The minimum absolute atomic E-state index is 0.0961. The van der Waals surface area contributed by atoms with Crippen molar-refractivity contribution < 1.29 is 14.2 Å². The average molecular weight is 486 g/mol. The fraction of sp³-hybridized carbons (Fsp3) is 0.462. The predicted molar refractivity (Wildman–Crippen MR) is 130 cm³/mol. The molecule has 0 amide bonds. The van der Waals surface area contributed by atoms with Crippen LogP contribution >= 0.6 is 15.9 Å². The lowest BCUT2D eigenvalue weighted by molar-refractivity contribution is -0.141. The van der Waals surface area contributed by atoms with Crippen molar-refractivity contribution in [2.45, 2.75) is 38.4 Å². The maximum Gasteiger partial charge on any atom is 0.159 e. The van der Waals surface area contributed by atoms with Gasteiger partial charge >= 0.3 is 0 Å². The molecule has 0 radical (unpaired) electrons. The average Bonchev–Trinajstić information content (AvgIpc) is 2.80. The van der Waals surface area contributed by atoms with Crippen molar-refractivity contribution in [3.8, 4) is 5.75 Å². The van der Waals surface area contributed by atoms with Gasteiger partial charge in [0, 0.05) is 43.4 Å². The lowest BCUT2D eigenvalue weighted by Gasteiger charge is -2.36. The Bertz CT molecular complexity index is 928. The molecule has 1 unspecified atom stereocenters. The number of piperidine rings is 1. The fourth-order valence-electron chi connectivity index (χ4n) is 4.99. The molecule has 1 heterocycles. The van der Waals surface area contributed by atoms with E-state index < -0.39 is 0 Å². The molecule has 0 N–H and O–H groups in total. The molecule has 31 heavy (non-hydrogen) atoms. The number of methoxy groups -OCH3 is 3. The normalized spacial score (nSPS) is 19.7. The first kappa shape index (κ1) is 22.4. The highest BCUT2D eigenvalue weighted by Crippen LogP contribution is 2.45. The highest BCUT2D eigenvalue weighted by molar-refractivity contribution is 9.11. The summed E-state index contributed by atoms with van der Waals surface area (Å²) in [5, 5.41) is 0. The second kappa shape index (κ2) is 9.76. The number of hydrogen-bond donors (Lipinski definition) is 0. The first-order chi connectivity index (χ1) is 15.0. The molecule has 2 aromatic carbocycles. The van der Waals surface area contributed by atoms with Gasteiger partial charge in [-0.05, 0) is 71.7 Å². The summed E-state index contributed by atoms with van der Waals surface area (Å²) < 4.78 is 17.7. The number of anilines is 1. The monoisotopic (exact) mass is 485 g/mol. The van der Waals surface area contributed by atoms with Crippen LogP contribution < -0.4 is 9.64 Å². The summed E-state index contributed by atoms with van der Waals surface area (Å²) in [6.45, 7) is 4.33. The largest absolute Gasteiger partial charge is 0.497 e. The van der Waals surface area contributed by atoms with Gasteiger partial charge in [-0.3, -0.25) is 0 Å². The zero-order valence-electron chi connectivity index (χ0n) is 18.9. The van der Waals surface area contributed by atoms with Crippen LogP contribution in [-0.2, 0) is 9.47 Å².